The summed E-state index contributed by atoms with van der Waals surface area (Å²) in [6.45, 7) is 5.62. The van der Waals surface area contributed by atoms with Gasteiger partial charge in [0.05, 0.1) is 33.4 Å². The predicted octanol–water partition coefficient (Wildman–Crippen LogP) is 6.05. The Morgan fingerprint density at radius 3 is 2.41 bits per heavy atom. The van der Waals surface area contributed by atoms with E-state index in [0.717, 1.165) is 44.0 Å². The summed E-state index contributed by atoms with van der Waals surface area (Å²) in [5, 5.41) is 0.419. The molecule has 1 saturated heterocycles. The molecule has 6 nitrogen and oxygen atoms in total. The molecule has 0 aliphatic carbocycles. The first-order chi connectivity index (χ1) is 18.5. The average molecular weight is 545 g/mol. The van der Waals surface area contributed by atoms with Crippen LogP contribution in [0.2, 0.25) is 0 Å². The van der Waals surface area contributed by atoms with Crippen LogP contribution >= 0.6 is 0 Å². The summed E-state index contributed by atoms with van der Waals surface area (Å²) in [6.07, 6.45) is -4.11. The van der Waals surface area contributed by atoms with Crippen molar-refractivity contribution in [1.82, 2.24) is 14.9 Å². The van der Waals surface area contributed by atoms with E-state index in [2.05, 4.69) is 19.8 Å². The first-order valence-corrected chi connectivity index (χ1v) is 12.2. The molecule has 39 heavy (non-hydrogen) atoms. The summed E-state index contributed by atoms with van der Waals surface area (Å²) < 4.78 is 75.1. The van der Waals surface area contributed by atoms with Gasteiger partial charge in [0.1, 0.15) is 5.75 Å². The number of piperazine rings is 1. The number of ether oxygens (including phenoxy) is 1. The standard InChI is InChI=1S/C28H25F5N4O2/c1-15-17(28(31,32)33)14-34-27(39-23-8-7-18(29)26(30)16(23)2)24(15)20-13-22(38)25-19(35-20)5-4-6-21(25)37-11-9-36(3)10-12-37/h4-8,13-14H,9-12H2,1-3H3,(H,35,38). The minimum Gasteiger partial charge on any atom is -0.438 e. The van der Waals surface area contributed by atoms with Gasteiger partial charge in [0, 0.05) is 44.0 Å². The molecule has 5 rings (SSSR count). The largest absolute Gasteiger partial charge is 0.438 e. The Morgan fingerprint density at radius 2 is 1.72 bits per heavy atom. The maximum absolute atomic E-state index is 14.2. The second kappa shape index (κ2) is 9.96. The number of rotatable bonds is 4. The van der Waals surface area contributed by atoms with Crippen molar-refractivity contribution in [2.45, 2.75) is 20.0 Å². The third-order valence-electron chi connectivity index (χ3n) is 7.05. The Labute approximate surface area is 220 Å². The Bertz CT molecular complexity index is 1630. The van der Waals surface area contributed by atoms with Crippen LogP contribution in [0.1, 0.15) is 16.7 Å². The van der Waals surface area contributed by atoms with E-state index >= 15 is 0 Å². The maximum Gasteiger partial charge on any atom is 0.418 e. The molecule has 0 atom stereocenters. The van der Waals surface area contributed by atoms with Gasteiger partial charge in [-0.25, -0.2) is 13.8 Å². The highest BCUT2D eigenvalue weighted by Gasteiger charge is 2.35. The molecule has 0 saturated carbocycles. The second-order valence-corrected chi connectivity index (χ2v) is 9.60. The van der Waals surface area contributed by atoms with E-state index in [0.29, 0.717) is 17.1 Å². The lowest BCUT2D eigenvalue weighted by molar-refractivity contribution is -0.138. The van der Waals surface area contributed by atoms with Crippen molar-refractivity contribution in [3.8, 4) is 22.9 Å². The molecule has 0 radical (unpaired) electrons. The van der Waals surface area contributed by atoms with Gasteiger partial charge in [-0.2, -0.15) is 13.2 Å². The second-order valence-electron chi connectivity index (χ2n) is 9.60. The molecule has 11 heteroatoms. The van der Waals surface area contributed by atoms with Gasteiger partial charge in [0.25, 0.3) is 0 Å². The summed E-state index contributed by atoms with van der Waals surface area (Å²) in [4.78, 5) is 24.7. The van der Waals surface area contributed by atoms with Crippen molar-refractivity contribution in [3.63, 3.8) is 0 Å². The topological polar surface area (TPSA) is 61.5 Å². The highest BCUT2D eigenvalue weighted by atomic mass is 19.4. The van der Waals surface area contributed by atoms with Crippen LogP contribution in [-0.4, -0.2) is 48.1 Å². The van der Waals surface area contributed by atoms with E-state index in [4.69, 9.17) is 4.74 Å². The summed E-state index contributed by atoms with van der Waals surface area (Å²) in [6, 6.07) is 8.53. The van der Waals surface area contributed by atoms with E-state index in [1.54, 1.807) is 12.1 Å². The van der Waals surface area contributed by atoms with Gasteiger partial charge in [-0.1, -0.05) is 6.07 Å². The van der Waals surface area contributed by atoms with Crippen molar-refractivity contribution in [2.24, 2.45) is 0 Å². The number of H-pyrrole nitrogens is 1. The predicted molar refractivity (Wildman–Crippen MR) is 138 cm³/mol. The number of nitrogens with zero attached hydrogens (tertiary/aromatic N) is 3. The van der Waals surface area contributed by atoms with Crippen molar-refractivity contribution in [1.29, 1.82) is 0 Å². The van der Waals surface area contributed by atoms with Crippen LogP contribution < -0.4 is 15.1 Å². The molecule has 3 heterocycles. The minimum absolute atomic E-state index is 0.0503. The number of nitrogens with one attached hydrogen (secondary N) is 1. The first-order valence-electron chi connectivity index (χ1n) is 12.2. The molecule has 1 N–H and O–H groups in total. The normalized spacial score (nSPS) is 14.7. The lowest BCUT2D eigenvalue weighted by atomic mass is 10.0. The summed E-state index contributed by atoms with van der Waals surface area (Å²) in [5.41, 5.74) is -0.713. The molecule has 0 bridgehead atoms. The number of aromatic amines is 1. The Morgan fingerprint density at radius 1 is 1.00 bits per heavy atom. The van der Waals surface area contributed by atoms with Gasteiger partial charge in [-0.15, -0.1) is 0 Å². The molecule has 4 aromatic rings. The quantitative estimate of drug-likeness (QED) is 0.317. The lowest BCUT2D eigenvalue weighted by Crippen LogP contribution is -2.44. The average Bonchev–Trinajstić information content (AvgIpc) is 2.88. The fourth-order valence-corrected chi connectivity index (χ4v) is 4.84. The number of benzene rings is 2. The molecule has 2 aromatic heterocycles. The highest BCUT2D eigenvalue weighted by Crippen LogP contribution is 2.41. The van der Waals surface area contributed by atoms with E-state index < -0.39 is 23.4 Å². The Kier molecular flexibility index (Phi) is 6.79. The smallest absolute Gasteiger partial charge is 0.418 e. The molecule has 0 amide bonds. The van der Waals surface area contributed by atoms with Gasteiger partial charge < -0.3 is 19.5 Å². The van der Waals surface area contributed by atoms with Crippen LogP contribution in [0.4, 0.5) is 27.6 Å². The van der Waals surface area contributed by atoms with Crippen molar-refractivity contribution >= 4 is 16.6 Å². The molecule has 1 fully saturated rings. The van der Waals surface area contributed by atoms with Crippen molar-refractivity contribution in [3.05, 3.63) is 81.1 Å². The molecule has 2 aromatic carbocycles. The number of alkyl halides is 3. The zero-order valence-corrected chi connectivity index (χ0v) is 21.4. The monoisotopic (exact) mass is 544 g/mol. The van der Waals surface area contributed by atoms with Crippen LogP contribution in [-0.2, 0) is 6.18 Å². The van der Waals surface area contributed by atoms with Gasteiger partial charge in [0.15, 0.2) is 17.1 Å². The lowest BCUT2D eigenvalue weighted by Gasteiger charge is -2.34. The number of halogens is 5. The maximum atomic E-state index is 14.2. The fourth-order valence-electron chi connectivity index (χ4n) is 4.84. The fraction of sp³-hybridized carbons (Fsp3) is 0.286. The number of fused-ring (bicyclic) bond motifs is 1. The molecule has 204 valence electrons. The van der Waals surface area contributed by atoms with E-state index in [9.17, 15) is 26.7 Å². The summed E-state index contributed by atoms with van der Waals surface area (Å²) in [5.74, 6) is -2.65. The molecule has 0 unspecified atom stereocenters. The zero-order valence-electron chi connectivity index (χ0n) is 21.4. The number of likely N-dealkylation sites (N-methyl/N-ethyl adjacent to an activating group) is 1. The third kappa shape index (κ3) is 4.94. The van der Waals surface area contributed by atoms with E-state index in [1.165, 1.54) is 19.9 Å². The van der Waals surface area contributed by atoms with Crippen LogP contribution in [0.25, 0.3) is 22.2 Å². The third-order valence-corrected chi connectivity index (χ3v) is 7.05. The van der Waals surface area contributed by atoms with Gasteiger partial charge >= 0.3 is 6.18 Å². The SMILES string of the molecule is Cc1c(Oc2ncc(C(F)(F)F)c(C)c2-c2cc(=O)c3c(N4CCN(C)CC4)cccc3[nH]2)ccc(F)c1F. The van der Waals surface area contributed by atoms with Crippen LogP contribution in [0.3, 0.4) is 0 Å². The summed E-state index contributed by atoms with van der Waals surface area (Å²) in [7, 11) is 2.02. The van der Waals surface area contributed by atoms with Gasteiger partial charge in [-0.3, -0.25) is 4.79 Å². The number of hydrogen-bond acceptors (Lipinski definition) is 5. The Hall–Kier alpha value is -3.99. The molecular weight excluding hydrogens is 519 g/mol. The zero-order chi connectivity index (χ0) is 28.1. The van der Waals surface area contributed by atoms with Crippen LogP contribution in [0.15, 0.2) is 47.4 Å². The van der Waals surface area contributed by atoms with E-state index in [1.807, 2.05) is 13.1 Å². The first kappa shape index (κ1) is 26.6. The number of hydrogen-bond donors (Lipinski definition) is 1. The highest BCUT2D eigenvalue weighted by molar-refractivity contribution is 5.93. The van der Waals surface area contributed by atoms with Crippen LogP contribution in [0.5, 0.6) is 11.6 Å². The minimum atomic E-state index is -4.73. The molecule has 1 aliphatic heterocycles. The number of anilines is 1. The number of aromatic nitrogens is 2. The molecule has 1 aliphatic rings. The van der Waals surface area contributed by atoms with Crippen molar-refractivity contribution < 1.29 is 26.7 Å². The van der Waals surface area contributed by atoms with Crippen LogP contribution in [0, 0.1) is 25.5 Å². The summed E-state index contributed by atoms with van der Waals surface area (Å²) >= 11 is 0. The molecule has 0 spiro atoms. The van der Waals surface area contributed by atoms with Crippen molar-refractivity contribution in [2.75, 3.05) is 38.1 Å². The van der Waals surface area contributed by atoms with Gasteiger partial charge in [0.2, 0.25) is 5.88 Å². The van der Waals surface area contributed by atoms with E-state index in [-0.39, 0.29) is 39.4 Å². The number of pyridine rings is 2. The van der Waals surface area contributed by atoms with Gasteiger partial charge in [-0.05, 0) is 50.7 Å². The Balaban J connectivity index is 1.68. The molecular formula is C28H25F5N4O2.